The third-order valence-corrected chi connectivity index (χ3v) is 5.92. The van der Waals surface area contributed by atoms with Crippen LogP contribution in [0.2, 0.25) is 0 Å². The molecule has 0 aliphatic rings. The lowest BCUT2D eigenvalue weighted by Gasteiger charge is -2.19. The van der Waals surface area contributed by atoms with E-state index < -0.39 is 15.8 Å². The number of anilines is 1. The number of rotatable bonds is 3. The van der Waals surface area contributed by atoms with E-state index >= 15 is 0 Å². The van der Waals surface area contributed by atoms with Gasteiger partial charge in [-0.1, -0.05) is 15.9 Å². The van der Waals surface area contributed by atoms with Crippen molar-refractivity contribution >= 4 is 42.7 Å². The molecule has 0 aliphatic carbocycles. The van der Waals surface area contributed by atoms with E-state index in [9.17, 15) is 13.2 Å². The van der Waals surface area contributed by atoms with Crippen LogP contribution in [-0.2, 0) is 17.1 Å². The van der Waals surface area contributed by atoms with Gasteiger partial charge in [0.25, 0.3) is 10.0 Å². The van der Waals surface area contributed by atoms with Gasteiger partial charge in [0.15, 0.2) is 5.58 Å². The maximum Gasteiger partial charge on any atom is 0.419 e. The van der Waals surface area contributed by atoms with E-state index in [1.165, 1.54) is 28.1 Å². The predicted octanol–water partition coefficient (Wildman–Crippen LogP) is 2.72. The van der Waals surface area contributed by atoms with E-state index in [4.69, 9.17) is 4.42 Å². The summed E-state index contributed by atoms with van der Waals surface area (Å²) in [7, 11) is -0.711. The Morgan fingerprint density at radius 1 is 1.13 bits per heavy atom. The van der Waals surface area contributed by atoms with Gasteiger partial charge in [-0.2, -0.15) is 0 Å². The highest BCUT2D eigenvalue weighted by molar-refractivity contribution is 9.10. The van der Waals surface area contributed by atoms with Crippen LogP contribution in [-0.4, -0.2) is 20.0 Å². The summed E-state index contributed by atoms with van der Waals surface area (Å²) in [6.07, 6.45) is 0. The lowest BCUT2D eigenvalue weighted by molar-refractivity contribution is 0.527. The molecule has 0 amide bonds. The Kier molecular flexibility index (Phi) is 3.81. The normalized spacial score (nSPS) is 11.8. The van der Waals surface area contributed by atoms with Gasteiger partial charge in [-0.15, -0.1) is 0 Å². The molecule has 0 radical (unpaired) electrons. The summed E-state index contributed by atoms with van der Waals surface area (Å²) in [5, 5.41) is 0. The van der Waals surface area contributed by atoms with Crippen LogP contribution in [0.3, 0.4) is 0 Å². The first-order valence-electron chi connectivity index (χ1n) is 6.65. The minimum Gasteiger partial charge on any atom is -0.408 e. The van der Waals surface area contributed by atoms with Gasteiger partial charge in [0.2, 0.25) is 0 Å². The van der Waals surface area contributed by atoms with Crippen molar-refractivity contribution in [3.63, 3.8) is 0 Å². The van der Waals surface area contributed by atoms with Gasteiger partial charge in [0.1, 0.15) is 0 Å². The van der Waals surface area contributed by atoms with Crippen molar-refractivity contribution in [1.29, 1.82) is 0 Å². The summed E-state index contributed by atoms with van der Waals surface area (Å²) < 4.78 is 33.9. The van der Waals surface area contributed by atoms with Crippen molar-refractivity contribution in [2.45, 2.75) is 4.90 Å². The molecule has 1 heterocycles. The number of aryl methyl sites for hydroxylation is 1. The molecule has 0 bridgehead atoms. The quantitative estimate of drug-likeness (QED) is 0.682. The van der Waals surface area contributed by atoms with E-state index in [1.807, 2.05) is 0 Å². The molecule has 0 spiro atoms. The van der Waals surface area contributed by atoms with Gasteiger partial charge < -0.3 is 4.42 Å². The third kappa shape index (κ3) is 2.68. The number of halogens is 1. The maximum atomic E-state index is 12.7. The van der Waals surface area contributed by atoms with Crippen LogP contribution in [0.15, 0.2) is 61.0 Å². The number of sulfonamides is 1. The molecule has 3 aromatic rings. The van der Waals surface area contributed by atoms with Gasteiger partial charge in [-0.25, -0.2) is 13.2 Å². The molecule has 120 valence electrons. The Hall–Kier alpha value is -2.06. The van der Waals surface area contributed by atoms with Crippen LogP contribution >= 0.6 is 15.9 Å². The summed E-state index contributed by atoms with van der Waals surface area (Å²) in [6, 6.07) is 11.3. The Bertz CT molecular complexity index is 1040. The second-order valence-corrected chi connectivity index (χ2v) is 7.89. The maximum absolute atomic E-state index is 12.7. The van der Waals surface area contributed by atoms with Gasteiger partial charge in [0.05, 0.1) is 16.1 Å². The van der Waals surface area contributed by atoms with Gasteiger partial charge in [0, 0.05) is 24.6 Å². The number of oxazole rings is 1. The lowest BCUT2D eigenvalue weighted by atomic mass is 10.3. The van der Waals surface area contributed by atoms with E-state index in [-0.39, 0.29) is 10.5 Å². The third-order valence-electron chi connectivity index (χ3n) is 3.61. The zero-order valence-electron chi connectivity index (χ0n) is 12.4. The molecule has 0 fully saturated rings. The van der Waals surface area contributed by atoms with Crippen molar-refractivity contribution in [1.82, 2.24) is 4.57 Å². The zero-order chi connectivity index (χ0) is 16.8. The fourth-order valence-electron chi connectivity index (χ4n) is 2.22. The van der Waals surface area contributed by atoms with E-state index in [2.05, 4.69) is 15.9 Å². The fraction of sp³-hybridized carbons (Fsp3) is 0.133. The number of nitrogens with zero attached hydrogens (tertiary/aromatic N) is 2. The van der Waals surface area contributed by atoms with Crippen LogP contribution in [0, 0.1) is 0 Å². The Balaban J connectivity index is 2.08. The van der Waals surface area contributed by atoms with Crippen molar-refractivity contribution in [3.8, 4) is 0 Å². The van der Waals surface area contributed by atoms with E-state index in [1.54, 1.807) is 37.4 Å². The summed E-state index contributed by atoms with van der Waals surface area (Å²) in [5.41, 5.74) is 1.31. The average Bonchev–Trinajstić information content (AvgIpc) is 2.81. The lowest BCUT2D eigenvalue weighted by Crippen LogP contribution is -2.26. The molecule has 8 heteroatoms. The van der Waals surface area contributed by atoms with Crippen molar-refractivity contribution < 1.29 is 12.8 Å². The molecule has 0 saturated carbocycles. The molecule has 3 rings (SSSR count). The van der Waals surface area contributed by atoms with Crippen LogP contribution in [0.1, 0.15) is 0 Å². The first-order valence-corrected chi connectivity index (χ1v) is 8.88. The highest BCUT2D eigenvalue weighted by Crippen LogP contribution is 2.25. The summed E-state index contributed by atoms with van der Waals surface area (Å²) in [6.45, 7) is 0. The van der Waals surface area contributed by atoms with Crippen molar-refractivity contribution in [3.05, 3.63) is 57.5 Å². The number of fused-ring (bicyclic) bond motifs is 1. The first kappa shape index (κ1) is 15.8. The molecule has 1 aromatic heterocycles. The molecule has 6 nitrogen and oxygen atoms in total. The monoisotopic (exact) mass is 396 g/mol. The Morgan fingerprint density at radius 2 is 1.78 bits per heavy atom. The minimum atomic E-state index is -3.75. The molecule has 23 heavy (non-hydrogen) atoms. The molecule has 0 atom stereocenters. The van der Waals surface area contributed by atoms with Crippen molar-refractivity contribution in [2.24, 2.45) is 7.05 Å². The largest absolute Gasteiger partial charge is 0.419 e. The summed E-state index contributed by atoms with van der Waals surface area (Å²) >= 11 is 3.31. The fourth-order valence-corrected chi connectivity index (χ4v) is 3.70. The van der Waals surface area contributed by atoms with Crippen molar-refractivity contribution in [2.75, 3.05) is 11.4 Å². The smallest absolute Gasteiger partial charge is 0.408 e. The SMILES string of the molecule is CN(c1ccc(Br)cc1)S(=O)(=O)c1ccc2c(c1)oc(=O)n2C. The molecule has 0 aliphatic heterocycles. The molecular weight excluding hydrogens is 384 g/mol. The first-order chi connectivity index (χ1) is 10.8. The average molecular weight is 397 g/mol. The number of hydrogen-bond acceptors (Lipinski definition) is 4. The summed E-state index contributed by atoms with van der Waals surface area (Å²) in [5.74, 6) is -0.532. The van der Waals surface area contributed by atoms with Gasteiger partial charge >= 0.3 is 5.76 Å². The minimum absolute atomic E-state index is 0.0600. The van der Waals surface area contributed by atoms with Crippen LogP contribution in [0.25, 0.3) is 11.1 Å². The van der Waals surface area contributed by atoms with Crippen LogP contribution in [0.5, 0.6) is 0 Å². The van der Waals surface area contributed by atoms with Crippen LogP contribution < -0.4 is 10.1 Å². The molecule has 0 saturated heterocycles. The van der Waals surface area contributed by atoms with E-state index in [0.29, 0.717) is 11.2 Å². The predicted molar refractivity (Wildman–Crippen MR) is 91.2 cm³/mol. The molecular formula is C15H13BrN2O4S. The molecule has 0 unspecified atom stereocenters. The molecule has 2 aromatic carbocycles. The second-order valence-electron chi connectivity index (χ2n) is 5.01. The Morgan fingerprint density at radius 3 is 2.43 bits per heavy atom. The number of benzene rings is 2. The Labute approximate surface area is 141 Å². The van der Waals surface area contributed by atoms with Gasteiger partial charge in [-0.3, -0.25) is 8.87 Å². The second kappa shape index (κ2) is 5.54. The highest BCUT2D eigenvalue weighted by atomic mass is 79.9. The highest BCUT2D eigenvalue weighted by Gasteiger charge is 2.22. The van der Waals surface area contributed by atoms with Crippen LogP contribution in [0.4, 0.5) is 5.69 Å². The molecule has 0 N–H and O–H groups in total. The zero-order valence-corrected chi connectivity index (χ0v) is 14.8. The topological polar surface area (TPSA) is 72.5 Å². The number of aromatic nitrogens is 1. The summed E-state index contributed by atoms with van der Waals surface area (Å²) in [4.78, 5) is 11.6. The number of hydrogen-bond donors (Lipinski definition) is 0. The van der Waals surface area contributed by atoms with Gasteiger partial charge in [-0.05, 0) is 36.4 Å². The van der Waals surface area contributed by atoms with E-state index in [0.717, 1.165) is 4.47 Å². The standard InChI is InChI=1S/C15H13BrN2O4S/c1-17-13-8-7-12(9-14(13)22-15(17)19)23(20,21)18(2)11-5-3-10(16)4-6-11/h3-9H,1-2H3.